The fourth-order valence-corrected chi connectivity index (χ4v) is 2.42. The number of esters is 3. The van der Waals surface area contributed by atoms with Gasteiger partial charge in [-0.25, -0.2) is 14.4 Å². The summed E-state index contributed by atoms with van der Waals surface area (Å²) >= 11 is 0. The third-order valence-corrected chi connectivity index (χ3v) is 3.83. The third-order valence-electron chi connectivity index (χ3n) is 3.83. The molecule has 7 heteroatoms. The van der Waals surface area contributed by atoms with Crippen LogP contribution in [0.1, 0.15) is 24.2 Å². The van der Waals surface area contributed by atoms with Crippen LogP contribution in [-0.2, 0) is 23.8 Å². The lowest BCUT2D eigenvalue weighted by atomic mass is 10.0. The van der Waals surface area contributed by atoms with Crippen LogP contribution in [0.25, 0.3) is 11.1 Å². The van der Waals surface area contributed by atoms with E-state index in [1.165, 1.54) is 14.2 Å². The Kier molecular flexibility index (Phi) is 7.54. The Bertz CT molecular complexity index is 898. The Hall–Kier alpha value is -3.61. The molecule has 152 valence electrons. The van der Waals surface area contributed by atoms with Gasteiger partial charge in [-0.3, -0.25) is 0 Å². The summed E-state index contributed by atoms with van der Waals surface area (Å²) in [5, 5.41) is 2.84. The van der Waals surface area contributed by atoms with Crippen LogP contribution in [0, 0.1) is 0 Å². The topological polar surface area (TPSA) is 90.9 Å². The molecule has 0 bridgehead atoms. The van der Waals surface area contributed by atoms with Gasteiger partial charge in [0.25, 0.3) is 0 Å². The van der Waals surface area contributed by atoms with Crippen molar-refractivity contribution in [2.75, 3.05) is 19.5 Å². The number of carbonyl (C=O) groups excluding carboxylic acids is 3. The molecular weight excluding hydrogens is 374 g/mol. The van der Waals surface area contributed by atoms with Gasteiger partial charge in [-0.2, -0.15) is 0 Å². The van der Waals surface area contributed by atoms with E-state index in [0.717, 1.165) is 17.2 Å². The molecule has 0 amide bonds. The van der Waals surface area contributed by atoms with Gasteiger partial charge in [0, 0.05) is 5.69 Å². The van der Waals surface area contributed by atoms with Gasteiger partial charge in [0.15, 0.2) is 0 Å². The summed E-state index contributed by atoms with van der Waals surface area (Å²) in [6.45, 7) is 3.60. The largest absolute Gasteiger partial charge is 0.466 e. The lowest BCUT2D eigenvalue weighted by molar-refractivity contribution is -0.138. The summed E-state index contributed by atoms with van der Waals surface area (Å²) in [6, 6.07) is 14.3. The predicted octanol–water partition coefficient (Wildman–Crippen LogP) is 3.56. The highest BCUT2D eigenvalue weighted by atomic mass is 16.5. The van der Waals surface area contributed by atoms with E-state index in [4.69, 9.17) is 4.74 Å². The van der Waals surface area contributed by atoms with Crippen LogP contribution < -0.4 is 5.32 Å². The van der Waals surface area contributed by atoms with Gasteiger partial charge in [0.1, 0.15) is 5.70 Å². The molecule has 0 aliphatic heterocycles. The van der Waals surface area contributed by atoms with Crippen LogP contribution in [0.5, 0.6) is 0 Å². The second-order valence-corrected chi connectivity index (χ2v) is 6.31. The zero-order valence-electron chi connectivity index (χ0n) is 16.7. The molecule has 0 fully saturated rings. The first-order valence-electron chi connectivity index (χ1n) is 8.90. The van der Waals surface area contributed by atoms with Crippen molar-refractivity contribution in [2.24, 2.45) is 0 Å². The second-order valence-electron chi connectivity index (χ2n) is 6.31. The van der Waals surface area contributed by atoms with Crippen LogP contribution in [-0.4, -0.2) is 38.2 Å². The third kappa shape index (κ3) is 6.21. The first-order chi connectivity index (χ1) is 13.8. The lowest BCUT2D eigenvalue weighted by Gasteiger charge is -2.10. The van der Waals surface area contributed by atoms with E-state index in [1.54, 1.807) is 38.1 Å². The molecule has 29 heavy (non-hydrogen) atoms. The van der Waals surface area contributed by atoms with Crippen molar-refractivity contribution in [1.82, 2.24) is 0 Å². The smallest absolute Gasteiger partial charge is 0.354 e. The molecule has 0 saturated carbocycles. The highest BCUT2D eigenvalue weighted by molar-refractivity contribution is 5.98. The summed E-state index contributed by atoms with van der Waals surface area (Å²) in [5.74, 6) is -1.73. The van der Waals surface area contributed by atoms with Crippen LogP contribution in [0.4, 0.5) is 5.69 Å². The molecule has 0 aliphatic rings. The standard InChI is InChI=1S/C22H23NO6/c1-14(2)29-21(25)17-7-5-15(6-8-17)16-9-11-18(12-10-16)23-19(22(26)28-4)13-20(24)27-3/h5-14,23H,1-4H3/b19-13+. The van der Waals surface area contributed by atoms with Crippen molar-refractivity contribution in [3.8, 4) is 11.1 Å². The fraction of sp³-hybridized carbons (Fsp3) is 0.227. The lowest BCUT2D eigenvalue weighted by Crippen LogP contribution is -2.15. The maximum Gasteiger partial charge on any atom is 0.354 e. The molecule has 0 atom stereocenters. The average Bonchev–Trinajstić information content (AvgIpc) is 2.72. The molecule has 2 rings (SSSR count). The van der Waals surface area contributed by atoms with Gasteiger partial charge in [-0.05, 0) is 49.2 Å². The predicted molar refractivity (Wildman–Crippen MR) is 108 cm³/mol. The monoisotopic (exact) mass is 397 g/mol. The van der Waals surface area contributed by atoms with Crippen molar-refractivity contribution in [3.63, 3.8) is 0 Å². The molecular formula is C22H23NO6. The van der Waals surface area contributed by atoms with E-state index in [2.05, 4.69) is 14.8 Å². The van der Waals surface area contributed by atoms with Crippen molar-refractivity contribution in [1.29, 1.82) is 0 Å². The van der Waals surface area contributed by atoms with E-state index >= 15 is 0 Å². The minimum Gasteiger partial charge on any atom is -0.466 e. The molecule has 0 heterocycles. The number of benzene rings is 2. The van der Waals surface area contributed by atoms with Crippen LogP contribution in [0.15, 0.2) is 60.3 Å². The first-order valence-corrected chi connectivity index (χ1v) is 8.90. The Morgan fingerprint density at radius 3 is 1.90 bits per heavy atom. The van der Waals surface area contributed by atoms with Gasteiger partial charge in [-0.1, -0.05) is 24.3 Å². The van der Waals surface area contributed by atoms with Crippen LogP contribution in [0.2, 0.25) is 0 Å². The molecule has 0 aliphatic carbocycles. The molecule has 2 aromatic carbocycles. The number of anilines is 1. The number of carbonyl (C=O) groups is 3. The van der Waals surface area contributed by atoms with Gasteiger partial charge in [-0.15, -0.1) is 0 Å². The van der Waals surface area contributed by atoms with Gasteiger partial charge in [0.05, 0.1) is 32.0 Å². The van der Waals surface area contributed by atoms with Gasteiger partial charge in [0.2, 0.25) is 0 Å². The van der Waals surface area contributed by atoms with E-state index < -0.39 is 11.9 Å². The molecule has 7 nitrogen and oxygen atoms in total. The quantitative estimate of drug-likeness (QED) is 0.434. The Morgan fingerprint density at radius 1 is 0.862 bits per heavy atom. The Balaban J connectivity index is 2.15. The zero-order valence-corrected chi connectivity index (χ0v) is 16.7. The Labute approximate surface area is 169 Å². The summed E-state index contributed by atoms with van der Waals surface area (Å²) < 4.78 is 14.4. The summed E-state index contributed by atoms with van der Waals surface area (Å²) in [6.07, 6.45) is 0.847. The van der Waals surface area contributed by atoms with Gasteiger partial charge >= 0.3 is 17.9 Å². The van der Waals surface area contributed by atoms with Crippen molar-refractivity contribution >= 4 is 23.6 Å². The SMILES string of the molecule is COC(=O)/C=C(/Nc1ccc(-c2ccc(C(=O)OC(C)C)cc2)cc1)C(=O)OC. The highest BCUT2D eigenvalue weighted by Gasteiger charge is 2.13. The molecule has 0 unspecified atom stereocenters. The summed E-state index contributed by atoms with van der Waals surface area (Å²) in [7, 11) is 2.44. The van der Waals surface area contributed by atoms with E-state index in [1.807, 2.05) is 24.3 Å². The van der Waals surface area contributed by atoms with Gasteiger partial charge < -0.3 is 19.5 Å². The zero-order chi connectivity index (χ0) is 21.4. The molecule has 0 spiro atoms. The second kappa shape index (κ2) is 10.1. The summed E-state index contributed by atoms with van der Waals surface area (Å²) in [4.78, 5) is 35.2. The number of hydrogen-bond acceptors (Lipinski definition) is 7. The van der Waals surface area contributed by atoms with E-state index in [-0.39, 0.29) is 17.8 Å². The van der Waals surface area contributed by atoms with Crippen LogP contribution in [0.3, 0.4) is 0 Å². The number of methoxy groups -OCH3 is 2. The van der Waals surface area contributed by atoms with Crippen molar-refractivity contribution < 1.29 is 28.6 Å². The van der Waals surface area contributed by atoms with E-state index in [9.17, 15) is 14.4 Å². The molecule has 0 saturated heterocycles. The minimum absolute atomic E-state index is 0.0416. The first kappa shape index (κ1) is 21.7. The average molecular weight is 397 g/mol. The van der Waals surface area contributed by atoms with E-state index in [0.29, 0.717) is 11.3 Å². The maximum atomic E-state index is 11.9. The number of ether oxygens (including phenoxy) is 3. The molecule has 0 aromatic heterocycles. The van der Waals surface area contributed by atoms with Crippen molar-refractivity contribution in [3.05, 3.63) is 65.9 Å². The number of rotatable bonds is 7. The number of nitrogens with one attached hydrogen (secondary N) is 1. The Morgan fingerprint density at radius 2 is 1.41 bits per heavy atom. The molecule has 0 radical (unpaired) electrons. The van der Waals surface area contributed by atoms with Crippen LogP contribution >= 0.6 is 0 Å². The van der Waals surface area contributed by atoms with Crippen molar-refractivity contribution in [2.45, 2.75) is 20.0 Å². The maximum absolute atomic E-state index is 11.9. The highest BCUT2D eigenvalue weighted by Crippen LogP contribution is 2.23. The normalized spacial score (nSPS) is 11.0. The minimum atomic E-state index is -0.691. The summed E-state index contributed by atoms with van der Waals surface area (Å²) in [5.41, 5.74) is 2.86. The number of hydrogen-bond donors (Lipinski definition) is 1. The molecule has 1 N–H and O–H groups in total. The fourth-order valence-electron chi connectivity index (χ4n) is 2.42. The molecule has 2 aromatic rings.